The van der Waals surface area contributed by atoms with Gasteiger partial charge in [-0.2, -0.15) is 18.2 Å². The number of aromatic nitrogens is 2. The smallest absolute Gasteiger partial charge is 0.421 e. The third kappa shape index (κ3) is 6.00. The first-order valence-corrected chi connectivity index (χ1v) is 10.3. The number of nitrogens with one attached hydrogen (secondary N) is 2. The van der Waals surface area contributed by atoms with Crippen LogP contribution in [0, 0.1) is 0 Å². The van der Waals surface area contributed by atoms with Gasteiger partial charge in [-0.15, -0.1) is 0 Å². The normalized spacial score (nSPS) is 14.4. The fraction of sp³-hybridized carbons (Fsp3) is 0.476. The molecule has 0 aliphatic carbocycles. The highest BCUT2D eigenvalue weighted by Gasteiger charge is 2.35. The summed E-state index contributed by atoms with van der Waals surface area (Å²) in [5.41, 5.74) is 0.0207. The molecule has 0 bridgehead atoms. The number of piperidine rings is 1. The van der Waals surface area contributed by atoms with Crippen molar-refractivity contribution in [2.75, 3.05) is 37.4 Å². The Hall–Kier alpha value is -3.08. The van der Waals surface area contributed by atoms with Crippen LogP contribution in [-0.2, 0) is 17.6 Å². The van der Waals surface area contributed by atoms with E-state index in [1.54, 1.807) is 23.1 Å². The SMILES string of the molecule is COc1ccc(CO)cc1Nc1ncc(C(F)(F)F)c(NCCCN2CCCCC2=O)n1. The molecule has 174 valence electrons. The van der Waals surface area contributed by atoms with E-state index in [-0.39, 0.29) is 30.8 Å². The second-order valence-corrected chi connectivity index (χ2v) is 7.39. The zero-order valence-electron chi connectivity index (χ0n) is 17.7. The van der Waals surface area contributed by atoms with Gasteiger partial charge in [0.1, 0.15) is 17.1 Å². The van der Waals surface area contributed by atoms with Gasteiger partial charge in [0.25, 0.3) is 0 Å². The zero-order valence-corrected chi connectivity index (χ0v) is 17.7. The topological polar surface area (TPSA) is 99.6 Å². The lowest BCUT2D eigenvalue weighted by molar-refractivity contribution is -0.137. The summed E-state index contributed by atoms with van der Waals surface area (Å²) in [6.45, 7) is 1.17. The highest BCUT2D eigenvalue weighted by atomic mass is 19.4. The number of carbonyl (C=O) groups is 1. The molecule has 2 heterocycles. The molecular weight excluding hydrogens is 427 g/mol. The van der Waals surface area contributed by atoms with Gasteiger partial charge in [0.05, 0.1) is 19.4 Å². The van der Waals surface area contributed by atoms with Crippen molar-refractivity contribution in [1.29, 1.82) is 0 Å². The van der Waals surface area contributed by atoms with Crippen molar-refractivity contribution in [3.63, 3.8) is 0 Å². The Bertz CT molecular complexity index is 939. The van der Waals surface area contributed by atoms with Crippen molar-refractivity contribution >= 4 is 23.4 Å². The maximum absolute atomic E-state index is 13.4. The molecule has 3 rings (SSSR count). The minimum absolute atomic E-state index is 0.0555. The minimum atomic E-state index is -4.63. The van der Waals surface area contributed by atoms with Crippen molar-refractivity contribution < 1.29 is 27.8 Å². The molecule has 3 N–H and O–H groups in total. The van der Waals surface area contributed by atoms with Gasteiger partial charge in [0, 0.05) is 32.3 Å². The number of hydrogen-bond donors (Lipinski definition) is 3. The fourth-order valence-corrected chi connectivity index (χ4v) is 3.43. The maximum atomic E-state index is 13.4. The van der Waals surface area contributed by atoms with Crippen LogP contribution in [0.5, 0.6) is 5.75 Å². The average Bonchev–Trinajstić information content (AvgIpc) is 2.77. The number of halogens is 3. The first-order chi connectivity index (χ1) is 15.3. The summed E-state index contributed by atoms with van der Waals surface area (Å²) < 4.78 is 45.5. The molecule has 1 aromatic heterocycles. The molecule has 0 unspecified atom stereocenters. The molecule has 1 amide bonds. The molecule has 2 aromatic rings. The summed E-state index contributed by atoms with van der Waals surface area (Å²) in [5, 5.41) is 14.9. The Morgan fingerprint density at radius 1 is 1.28 bits per heavy atom. The molecule has 1 fully saturated rings. The maximum Gasteiger partial charge on any atom is 0.421 e. The van der Waals surface area contributed by atoms with Gasteiger partial charge in [0.2, 0.25) is 11.9 Å². The van der Waals surface area contributed by atoms with Crippen LogP contribution in [0.2, 0.25) is 0 Å². The number of methoxy groups -OCH3 is 1. The van der Waals surface area contributed by atoms with Crippen LogP contribution in [-0.4, -0.2) is 52.6 Å². The number of benzene rings is 1. The van der Waals surface area contributed by atoms with Crippen LogP contribution in [0.25, 0.3) is 0 Å². The summed E-state index contributed by atoms with van der Waals surface area (Å²) in [6, 6.07) is 4.89. The number of aliphatic hydroxyl groups excluding tert-OH is 1. The van der Waals surface area contributed by atoms with E-state index in [0.29, 0.717) is 49.1 Å². The Labute approximate surface area is 183 Å². The largest absolute Gasteiger partial charge is 0.495 e. The van der Waals surface area contributed by atoms with Gasteiger partial charge in [-0.25, -0.2) is 4.98 Å². The molecule has 0 radical (unpaired) electrons. The van der Waals surface area contributed by atoms with Crippen LogP contribution >= 0.6 is 0 Å². The number of ether oxygens (including phenoxy) is 1. The van der Waals surface area contributed by atoms with Crippen molar-refractivity contribution in [1.82, 2.24) is 14.9 Å². The van der Waals surface area contributed by atoms with Gasteiger partial charge in [0.15, 0.2) is 0 Å². The summed E-state index contributed by atoms with van der Waals surface area (Å²) in [5.74, 6) is 0.101. The van der Waals surface area contributed by atoms with Crippen molar-refractivity contribution in [3.8, 4) is 5.75 Å². The van der Waals surface area contributed by atoms with Crippen molar-refractivity contribution in [2.24, 2.45) is 0 Å². The van der Waals surface area contributed by atoms with Gasteiger partial charge in [-0.3, -0.25) is 4.79 Å². The second-order valence-electron chi connectivity index (χ2n) is 7.39. The van der Waals surface area contributed by atoms with E-state index in [1.165, 1.54) is 7.11 Å². The first-order valence-electron chi connectivity index (χ1n) is 10.3. The van der Waals surface area contributed by atoms with Gasteiger partial charge >= 0.3 is 6.18 Å². The number of anilines is 3. The lowest BCUT2D eigenvalue weighted by Crippen LogP contribution is -2.36. The molecule has 0 atom stereocenters. The van der Waals surface area contributed by atoms with E-state index in [9.17, 15) is 23.1 Å². The molecule has 1 aromatic carbocycles. The zero-order chi connectivity index (χ0) is 23.1. The van der Waals surface area contributed by atoms with Crippen LogP contribution in [0.4, 0.5) is 30.6 Å². The number of aliphatic hydroxyl groups is 1. The van der Waals surface area contributed by atoms with Gasteiger partial charge < -0.3 is 25.4 Å². The summed E-state index contributed by atoms with van der Waals surface area (Å²) in [6.07, 6.45) is -1.08. The number of likely N-dealkylation sites (tertiary alicyclic amines) is 1. The number of hydrogen-bond acceptors (Lipinski definition) is 7. The first kappa shape index (κ1) is 23.6. The molecule has 8 nitrogen and oxygen atoms in total. The molecule has 0 saturated carbocycles. The highest BCUT2D eigenvalue weighted by molar-refractivity contribution is 5.76. The molecule has 0 spiro atoms. The fourth-order valence-electron chi connectivity index (χ4n) is 3.43. The lowest BCUT2D eigenvalue weighted by atomic mass is 10.1. The van der Waals surface area contributed by atoms with Gasteiger partial charge in [-0.1, -0.05) is 6.07 Å². The predicted octanol–water partition coefficient (Wildman–Crippen LogP) is 3.55. The van der Waals surface area contributed by atoms with E-state index >= 15 is 0 Å². The summed E-state index contributed by atoms with van der Waals surface area (Å²) >= 11 is 0. The second kappa shape index (κ2) is 10.5. The Morgan fingerprint density at radius 3 is 2.78 bits per heavy atom. The molecule has 1 aliphatic heterocycles. The third-order valence-corrected chi connectivity index (χ3v) is 5.11. The lowest BCUT2D eigenvalue weighted by Gasteiger charge is -2.26. The van der Waals surface area contributed by atoms with Crippen LogP contribution < -0.4 is 15.4 Å². The molecule has 32 heavy (non-hydrogen) atoms. The van der Waals surface area contributed by atoms with Crippen molar-refractivity contribution in [3.05, 3.63) is 35.5 Å². The minimum Gasteiger partial charge on any atom is -0.495 e. The Balaban J connectivity index is 1.73. The molecule has 11 heteroatoms. The van der Waals surface area contributed by atoms with Gasteiger partial charge in [-0.05, 0) is 37.0 Å². The Morgan fingerprint density at radius 2 is 2.09 bits per heavy atom. The van der Waals surface area contributed by atoms with Crippen molar-refractivity contribution in [2.45, 2.75) is 38.5 Å². The van der Waals surface area contributed by atoms with Crippen LogP contribution in [0.15, 0.2) is 24.4 Å². The number of carbonyl (C=O) groups excluding carboxylic acids is 1. The number of nitrogens with zero attached hydrogens (tertiary/aromatic N) is 3. The number of amides is 1. The monoisotopic (exact) mass is 453 g/mol. The van der Waals surface area contributed by atoms with E-state index in [0.717, 1.165) is 12.8 Å². The molecule has 1 aliphatic rings. The van der Waals surface area contributed by atoms with E-state index in [2.05, 4.69) is 20.6 Å². The summed E-state index contributed by atoms with van der Waals surface area (Å²) in [7, 11) is 1.45. The van der Waals surface area contributed by atoms with E-state index < -0.39 is 11.7 Å². The average molecular weight is 453 g/mol. The van der Waals surface area contributed by atoms with Crippen LogP contribution in [0.1, 0.15) is 36.8 Å². The quantitative estimate of drug-likeness (QED) is 0.500. The highest BCUT2D eigenvalue weighted by Crippen LogP contribution is 2.35. The molecule has 1 saturated heterocycles. The molecular formula is C21H26F3N5O3. The standard InChI is InChI=1S/C21H26F3N5O3/c1-32-17-7-6-14(13-30)11-16(17)27-20-26-12-15(21(22,23)24)19(28-20)25-8-4-10-29-9-3-2-5-18(29)31/h6-7,11-12,30H,2-5,8-10,13H2,1H3,(H2,25,26,27,28). The van der Waals surface area contributed by atoms with E-state index in [4.69, 9.17) is 4.74 Å². The Kier molecular flexibility index (Phi) is 7.73. The van der Waals surface area contributed by atoms with E-state index in [1.807, 2.05) is 0 Å². The van der Waals surface area contributed by atoms with Crippen LogP contribution in [0.3, 0.4) is 0 Å². The number of rotatable bonds is 9. The number of alkyl halides is 3. The summed E-state index contributed by atoms with van der Waals surface area (Å²) in [4.78, 5) is 21.4. The third-order valence-electron chi connectivity index (χ3n) is 5.11. The predicted molar refractivity (Wildman–Crippen MR) is 113 cm³/mol.